The fourth-order valence-electron chi connectivity index (χ4n) is 2.91. The number of halogens is 2. The standard InChI is InChI=1S/C19H22Cl2N2S/c20-18-8-7-16(15-19(18)21)23-12-10-22(11-13-23)9-4-14-24-17-5-2-1-3-6-17/h1-3,5-8,15H,4,9-14H2. The van der Waals surface area contributed by atoms with Crippen molar-refractivity contribution in [1.82, 2.24) is 4.90 Å². The summed E-state index contributed by atoms with van der Waals surface area (Å²) in [5.74, 6) is 1.18. The molecule has 0 N–H and O–H groups in total. The van der Waals surface area contributed by atoms with E-state index < -0.39 is 0 Å². The zero-order valence-corrected chi connectivity index (χ0v) is 16.0. The molecule has 128 valence electrons. The van der Waals surface area contributed by atoms with Crippen LogP contribution in [-0.2, 0) is 0 Å². The monoisotopic (exact) mass is 380 g/mol. The molecule has 1 aliphatic heterocycles. The van der Waals surface area contributed by atoms with E-state index >= 15 is 0 Å². The second kappa shape index (κ2) is 9.00. The molecule has 2 aromatic rings. The Morgan fingerprint density at radius 3 is 2.33 bits per heavy atom. The molecule has 1 saturated heterocycles. The number of benzene rings is 2. The highest BCUT2D eigenvalue weighted by atomic mass is 35.5. The predicted molar refractivity (Wildman–Crippen MR) is 107 cm³/mol. The minimum absolute atomic E-state index is 0.620. The van der Waals surface area contributed by atoms with Gasteiger partial charge in [-0.1, -0.05) is 41.4 Å². The number of hydrogen-bond acceptors (Lipinski definition) is 3. The van der Waals surface area contributed by atoms with E-state index in [1.54, 1.807) is 0 Å². The topological polar surface area (TPSA) is 6.48 Å². The van der Waals surface area contributed by atoms with E-state index in [9.17, 15) is 0 Å². The molecular weight excluding hydrogens is 359 g/mol. The number of anilines is 1. The van der Waals surface area contributed by atoms with Crippen LogP contribution in [0.15, 0.2) is 53.4 Å². The lowest BCUT2D eigenvalue weighted by molar-refractivity contribution is 0.259. The molecule has 2 aromatic carbocycles. The summed E-state index contributed by atoms with van der Waals surface area (Å²) in [6.45, 7) is 5.48. The van der Waals surface area contributed by atoms with Crippen LogP contribution in [0.3, 0.4) is 0 Å². The quantitative estimate of drug-likeness (QED) is 0.495. The van der Waals surface area contributed by atoms with Crippen LogP contribution in [0.1, 0.15) is 6.42 Å². The summed E-state index contributed by atoms with van der Waals surface area (Å²) in [7, 11) is 0. The van der Waals surface area contributed by atoms with E-state index in [4.69, 9.17) is 23.2 Å². The summed E-state index contributed by atoms with van der Waals surface area (Å²) in [6, 6.07) is 16.5. The first-order chi connectivity index (χ1) is 11.7. The third kappa shape index (κ3) is 5.06. The lowest BCUT2D eigenvalue weighted by Gasteiger charge is -2.36. The van der Waals surface area contributed by atoms with Gasteiger partial charge in [0.15, 0.2) is 0 Å². The van der Waals surface area contributed by atoms with Gasteiger partial charge in [-0.15, -0.1) is 11.8 Å². The maximum absolute atomic E-state index is 6.13. The fourth-order valence-corrected chi connectivity index (χ4v) is 4.06. The van der Waals surface area contributed by atoms with Gasteiger partial charge in [0.2, 0.25) is 0 Å². The SMILES string of the molecule is Clc1ccc(N2CCN(CCCSc3ccccc3)CC2)cc1Cl. The van der Waals surface area contributed by atoms with Crippen molar-refractivity contribution in [1.29, 1.82) is 0 Å². The molecule has 0 spiro atoms. The van der Waals surface area contributed by atoms with Crippen molar-refractivity contribution in [2.24, 2.45) is 0 Å². The van der Waals surface area contributed by atoms with Crippen molar-refractivity contribution >= 4 is 40.7 Å². The van der Waals surface area contributed by atoms with Crippen LogP contribution in [0.5, 0.6) is 0 Å². The fraction of sp³-hybridized carbons (Fsp3) is 0.368. The van der Waals surface area contributed by atoms with Crippen molar-refractivity contribution in [2.75, 3.05) is 43.4 Å². The van der Waals surface area contributed by atoms with Gasteiger partial charge in [-0.05, 0) is 49.1 Å². The van der Waals surface area contributed by atoms with Gasteiger partial charge in [-0.3, -0.25) is 4.90 Å². The Morgan fingerprint density at radius 2 is 1.62 bits per heavy atom. The zero-order chi connectivity index (χ0) is 16.8. The van der Waals surface area contributed by atoms with Crippen LogP contribution < -0.4 is 4.90 Å². The van der Waals surface area contributed by atoms with Gasteiger partial charge in [0, 0.05) is 36.8 Å². The van der Waals surface area contributed by atoms with E-state index in [-0.39, 0.29) is 0 Å². The van der Waals surface area contributed by atoms with E-state index in [1.165, 1.54) is 29.3 Å². The highest BCUT2D eigenvalue weighted by Crippen LogP contribution is 2.27. The molecule has 2 nitrogen and oxygen atoms in total. The van der Waals surface area contributed by atoms with E-state index in [0.717, 1.165) is 26.2 Å². The van der Waals surface area contributed by atoms with Crippen LogP contribution in [0.2, 0.25) is 10.0 Å². The Hall–Kier alpha value is -0.870. The van der Waals surface area contributed by atoms with Crippen LogP contribution in [0.4, 0.5) is 5.69 Å². The number of thioether (sulfide) groups is 1. The van der Waals surface area contributed by atoms with Gasteiger partial charge in [0.25, 0.3) is 0 Å². The molecule has 1 heterocycles. The van der Waals surface area contributed by atoms with E-state index in [1.807, 2.05) is 23.9 Å². The number of piperazine rings is 1. The van der Waals surface area contributed by atoms with Gasteiger partial charge in [0.05, 0.1) is 10.0 Å². The summed E-state index contributed by atoms with van der Waals surface area (Å²) in [5.41, 5.74) is 1.17. The minimum Gasteiger partial charge on any atom is -0.369 e. The maximum Gasteiger partial charge on any atom is 0.0612 e. The molecule has 0 saturated carbocycles. The van der Waals surface area contributed by atoms with Crippen molar-refractivity contribution in [3.63, 3.8) is 0 Å². The summed E-state index contributed by atoms with van der Waals surface area (Å²) >= 11 is 14.1. The molecule has 0 radical (unpaired) electrons. The van der Waals surface area contributed by atoms with Crippen LogP contribution >= 0.6 is 35.0 Å². The molecule has 0 unspecified atom stereocenters. The Labute approximate surface area is 158 Å². The van der Waals surface area contributed by atoms with Gasteiger partial charge < -0.3 is 4.90 Å². The lowest BCUT2D eigenvalue weighted by Crippen LogP contribution is -2.46. The van der Waals surface area contributed by atoms with Crippen molar-refractivity contribution in [3.8, 4) is 0 Å². The summed E-state index contributed by atoms with van der Waals surface area (Å²) < 4.78 is 0. The minimum atomic E-state index is 0.620. The van der Waals surface area contributed by atoms with Crippen molar-refractivity contribution in [2.45, 2.75) is 11.3 Å². The van der Waals surface area contributed by atoms with Gasteiger partial charge in [-0.25, -0.2) is 0 Å². The highest BCUT2D eigenvalue weighted by molar-refractivity contribution is 7.99. The number of rotatable bonds is 6. The van der Waals surface area contributed by atoms with Crippen molar-refractivity contribution < 1.29 is 0 Å². The van der Waals surface area contributed by atoms with E-state index in [2.05, 4.69) is 46.2 Å². The number of hydrogen-bond donors (Lipinski definition) is 0. The molecule has 0 atom stereocenters. The van der Waals surface area contributed by atoms with Gasteiger partial charge >= 0.3 is 0 Å². The van der Waals surface area contributed by atoms with Crippen LogP contribution in [0, 0.1) is 0 Å². The molecule has 1 aliphatic rings. The second-order valence-electron chi connectivity index (χ2n) is 5.94. The largest absolute Gasteiger partial charge is 0.369 e. The Kier molecular flexibility index (Phi) is 6.73. The van der Waals surface area contributed by atoms with Crippen molar-refractivity contribution in [3.05, 3.63) is 58.6 Å². The molecule has 5 heteroatoms. The lowest BCUT2D eigenvalue weighted by atomic mass is 10.2. The third-order valence-corrected chi connectivity index (χ3v) is 6.11. The van der Waals surface area contributed by atoms with Crippen LogP contribution in [0.25, 0.3) is 0 Å². The molecule has 0 aromatic heterocycles. The Bertz CT molecular complexity index is 643. The first-order valence-corrected chi connectivity index (χ1v) is 10.1. The summed E-state index contributed by atoms with van der Waals surface area (Å²) in [5, 5.41) is 1.25. The average molecular weight is 381 g/mol. The second-order valence-corrected chi connectivity index (χ2v) is 7.92. The Balaban J connectivity index is 1.38. The average Bonchev–Trinajstić information content (AvgIpc) is 2.62. The molecule has 3 rings (SSSR count). The third-order valence-electron chi connectivity index (χ3n) is 4.27. The smallest absolute Gasteiger partial charge is 0.0612 e. The zero-order valence-electron chi connectivity index (χ0n) is 13.6. The van der Waals surface area contributed by atoms with E-state index in [0.29, 0.717) is 10.0 Å². The first-order valence-electron chi connectivity index (χ1n) is 8.32. The molecular formula is C19H22Cl2N2S. The summed E-state index contributed by atoms with van der Waals surface area (Å²) in [4.78, 5) is 6.30. The molecule has 0 aliphatic carbocycles. The first kappa shape index (κ1) is 17.9. The van der Waals surface area contributed by atoms with Gasteiger partial charge in [0.1, 0.15) is 0 Å². The van der Waals surface area contributed by atoms with Gasteiger partial charge in [-0.2, -0.15) is 0 Å². The molecule has 0 amide bonds. The Morgan fingerprint density at radius 1 is 0.875 bits per heavy atom. The normalized spacial score (nSPS) is 15.7. The number of nitrogens with zero attached hydrogens (tertiary/aromatic N) is 2. The maximum atomic E-state index is 6.13. The molecule has 0 bridgehead atoms. The predicted octanol–water partition coefficient (Wildman–Crippen LogP) is 5.30. The molecule has 24 heavy (non-hydrogen) atoms. The molecule has 1 fully saturated rings. The van der Waals surface area contributed by atoms with Crippen LogP contribution in [-0.4, -0.2) is 43.4 Å². The summed E-state index contributed by atoms with van der Waals surface area (Å²) in [6.07, 6.45) is 1.23. The highest BCUT2D eigenvalue weighted by Gasteiger charge is 2.17.